The van der Waals surface area contributed by atoms with Gasteiger partial charge in [0.25, 0.3) is 0 Å². The van der Waals surface area contributed by atoms with E-state index in [9.17, 15) is 9.59 Å². The molecule has 7 heteroatoms. The molecule has 1 aliphatic rings. The summed E-state index contributed by atoms with van der Waals surface area (Å²) in [4.78, 5) is 22.3. The van der Waals surface area contributed by atoms with E-state index >= 15 is 0 Å². The van der Waals surface area contributed by atoms with Crippen LogP contribution in [-0.4, -0.2) is 41.5 Å². The molecule has 2 atom stereocenters. The largest absolute Gasteiger partial charge is 0.491 e. The third-order valence-corrected chi connectivity index (χ3v) is 2.79. The van der Waals surface area contributed by atoms with Gasteiger partial charge < -0.3 is 25.6 Å². The lowest BCUT2D eigenvalue weighted by molar-refractivity contribution is -0.140. The molecule has 0 bridgehead atoms. The van der Waals surface area contributed by atoms with Crippen molar-refractivity contribution in [2.45, 2.75) is 12.1 Å². The zero-order chi connectivity index (χ0) is 13.8. The van der Waals surface area contributed by atoms with Gasteiger partial charge in [-0.15, -0.1) is 0 Å². The second-order valence-corrected chi connectivity index (χ2v) is 4.09. The van der Waals surface area contributed by atoms with E-state index in [1.807, 2.05) is 18.2 Å². The van der Waals surface area contributed by atoms with Crippen LogP contribution in [0.15, 0.2) is 24.3 Å². The molecule has 1 heterocycles. The maximum absolute atomic E-state index is 11.6. The zero-order valence-electron chi connectivity index (χ0n) is 10.00. The van der Waals surface area contributed by atoms with Gasteiger partial charge in [-0.25, -0.2) is 9.59 Å². The number of aliphatic carboxylic acids is 1. The number of aliphatic hydroxyl groups is 1. The molecule has 2 amide bonds. The van der Waals surface area contributed by atoms with Crippen molar-refractivity contribution in [1.82, 2.24) is 10.6 Å². The van der Waals surface area contributed by atoms with Crippen LogP contribution in [0.3, 0.4) is 0 Å². The molecule has 19 heavy (non-hydrogen) atoms. The molecule has 0 radical (unpaired) electrons. The van der Waals surface area contributed by atoms with Crippen molar-refractivity contribution in [3.63, 3.8) is 0 Å². The Morgan fingerprint density at radius 1 is 1.42 bits per heavy atom. The third-order valence-electron chi connectivity index (χ3n) is 2.79. The molecule has 0 saturated carbocycles. The minimum Gasteiger partial charge on any atom is -0.491 e. The second kappa shape index (κ2) is 5.57. The highest BCUT2D eigenvalue weighted by Crippen LogP contribution is 2.31. The van der Waals surface area contributed by atoms with E-state index in [0.29, 0.717) is 12.4 Å². The summed E-state index contributed by atoms with van der Waals surface area (Å²) in [5.74, 6) is -0.592. The molecule has 0 fully saturated rings. The lowest BCUT2D eigenvalue weighted by atomic mass is 10.1. The molecule has 0 aromatic heterocycles. The molecule has 2 rings (SSSR count). The minimum atomic E-state index is -1.32. The Kier molecular flexibility index (Phi) is 3.86. The minimum absolute atomic E-state index is 0.295. The lowest BCUT2D eigenvalue weighted by Gasteiger charge is -2.15. The number of urea groups is 1. The van der Waals surface area contributed by atoms with Crippen molar-refractivity contribution in [2.75, 3.05) is 13.2 Å². The Labute approximate surface area is 109 Å². The molecule has 0 saturated heterocycles. The number of rotatable bonds is 4. The summed E-state index contributed by atoms with van der Waals surface area (Å²) < 4.78 is 5.38. The number of carbonyl (C=O) groups is 2. The number of carboxylic acids is 1. The van der Waals surface area contributed by atoms with Crippen molar-refractivity contribution in [2.24, 2.45) is 0 Å². The highest BCUT2D eigenvalue weighted by atomic mass is 16.5. The van der Waals surface area contributed by atoms with Crippen LogP contribution < -0.4 is 15.4 Å². The summed E-state index contributed by atoms with van der Waals surface area (Å²) >= 11 is 0. The van der Waals surface area contributed by atoms with Crippen LogP contribution in [0.5, 0.6) is 5.75 Å². The van der Waals surface area contributed by atoms with Gasteiger partial charge in [0, 0.05) is 5.56 Å². The van der Waals surface area contributed by atoms with E-state index in [0.717, 1.165) is 5.56 Å². The first-order valence-corrected chi connectivity index (χ1v) is 5.74. The average Bonchev–Trinajstić information content (AvgIpc) is 2.79. The number of para-hydroxylation sites is 1. The summed E-state index contributed by atoms with van der Waals surface area (Å²) in [6.45, 7) is -0.371. The fraction of sp³-hybridized carbons (Fsp3) is 0.333. The topological polar surface area (TPSA) is 108 Å². The van der Waals surface area contributed by atoms with Crippen LogP contribution in [0.1, 0.15) is 11.6 Å². The SMILES string of the molecule is O=C(NC1COc2ccccc21)N[C@@H](CO)C(=O)O. The van der Waals surface area contributed by atoms with E-state index in [1.54, 1.807) is 6.07 Å². The molecule has 7 nitrogen and oxygen atoms in total. The van der Waals surface area contributed by atoms with Crippen LogP contribution in [0.25, 0.3) is 0 Å². The molecule has 4 N–H and O–H groups in total. The number of ether oxygens (including phenoxy) is 1. The summed E-state index contributed by atoms with van der Waals surface area (Å²) in [5.41, 5.74) is 0.841. The van der Waals surface area contributed by atoms with Gasteiger partial charge in [-0.1, -0.05) is 18.2 Å². The molecule has 0 aliphatic carbocycles. The Balaban J connectivity index is 1.96. The summed E-state index contributed by atoms with van der Waals surface area (Å²) in [6.07, 6.45) is 0. The predicted molar refractivity (Wildman–Crippen MR) is 64.9 cm³/mol. The van der Waals surface area contributed by atoms with E-state index < -0.39 is 24.6 Å². The first kappa shape index (κ1) is 13.2. The lowest BCUT2D eigenvalue weighted by Crippen LogP contribution is -2.48. The first-order valence-electron chi connectivity index (χ1n) is 5.74. The van der Waals surface area contributed by atoms with E-state index in [2.05, 4.69) is 10.6 Å². The molecular weight excluding hydrogens is 252 g/mol. The maximum atomic E-state index is 11.6. The van der Waals surface area contributed by atoms with Gasteiger partial charge in [0.2, 0.25) is 0 Å². The van der Waals surface area contributed by atoms with E-state index in [-0.39, 0.29) is 6.04 Å². The average molecular weight is 266 g/mol. The van der Waals surface area contributed by atoms with E-state index in [4.69, 9.17) is 14.9 Å². The maximum Gasteiger partial charge on any atom is 0.328 e. The van der Waals surface area contributed by atoms with Gasteiger partial charge in [-0.05, 0) is 6.07 Å². The van der Waals surface area contributed by atoms with Gasteiger partial charge in [0.15, 0.2) is 6.04 Å². The number of hydrogen-bond acceptors (Lipinski definition) is 4. The third kappa shape index (κ3) is 2.94. The second-order valence-electron chi connectivity index (χ2n) is 4.09. The van der Waals surface area contributed by atoms with Crippen LogP contribution in [0.2, 0.25) is 0 Å². The fourth-order valence-electron chi connectivity index (χ4n) is 1.83. The number of aliphatic hydroxyl groups excluding tert-OH is 1. The van der Waals surface area contributed by atoms with Crippen molar-refractivity contribution >= 4 is 12.0 Å². The highest BCUT2D eigenvalue weighted by Gasteiger charge is 2.26. The van der Waals surface area contributed by atoms with Gasteiger partial charge in [-0.3, -0.25) is 0 Å². The summed E-state index contributed by atoms with van der Waals surface area (Å²) in [5, 5.41) is 22.3. The number of nitrogens with one attached hydrogen (secondary N) is 2. The number of hydrogen-bond donors (Lipinski definition) is 4. The van der Waals surface area contributed by atoms with Crippen molar-refractivity contribution < 1.29 is 24.5 Å². The van der Waals surface area contributed by atoms with Gasteiger partial charge >= 0.3 is 12.0 Å². The quantitative estimate of drug-likeness (QED) is 0.607. The zero-order valence-corrected chi connectivity index (χ0v) is 10.00. The van der Waals surface area contributed by atoms with Crippen LogP contribution >= 0.6 is 0 Å². The van der Waals surface area contributed by atoms with Gasteiger partial charge in [0.1, 0.15) is 12.4 Å². The molecule has 1 aliphatic heterocycles. The summed E-state index contributed by atoms with van der Waals surface area (Å²) in [7, 11) is 0. The van der Waals surface area contributed by atoms with Crippen molar-refractivity contribution in [1.29, 1.82) is 0 Å². The highest BCUT2D eigenvalue weighted by molar-refractivity contribution is 5.82. The number of carboxylic acid groups (broad SMARTS) is 1. The van der Waals surface area contributed by atoms with Crippen molar-refractivity contribution in [3.8, 4) is 5.75 Å². The van der Waals surface area contributed by atoms with Gasteiger partial charge in [-0.2, -0.15) is 0 Å². The summed E-state index contributed by atoms with van der Waals surface area (Å²) in [6, 6.07) is 4.96. The molecular formula is C12H14N2O5. The standard InChI is InChI=1S/C12H14N2O5/c15-5-8(11(16)17)13-12(18)14-9-6-19-10-4-2-1-3-7(9)10/h1-4,8-9,15H,5-6H2,(H,16,17)(H2,13,14,18)/t8-,9?/m0/s1. The first-order chi connectivity index (χ1) is 9.11. The molecule has 0 spiro atoms. The number of fused-ring (bicyclic) bond motifs is 1. The van der Waals surface area contributed by atoms with Gasteiger partial charge in [0.05, 0.1) is 12.6 Å². The van der Waals surface area contributed by atoms with Crippen LogP contribution in [0.4, 0.5) is 4.79 Å². The Morgan fingerprint density at radius 2 is 2.16 bits per heavy atom. The molecule has 102 valence electrons. The Morgan fingerprint density at radius 3 is 2.84 bits per heavy atom. The Hall–Kier alpha value is -2.28. The van der Waals surface area contributed by atoms with Crippen LogP contribution in [0, 0.1) is 0 Å². The smallest absolute Gasteiger partial charge is 0.328 e. The molecule has 1 aromatic carbocycles. The monoisotopic (exact) mass is 266 g/mol. The van der Waals surface area contributed by atoms with E-state index in [1.165, 1.54) is 0 Å². The number of benzene rings is 1. The van der Waals surface area contributed by atoms with Crippen molar-refractivity contribution in [3.05, 3.63) is 29.8 Å². The predicted octanol–water partition coefficient (Wildman–Crippen LogP) is -0.135. The molecule has 1 aromatic rings. The number of carbonyl (C=O) groups excluding carboxylic acids is 1. The Bertz CT molecular complexity index is 491. The fourth-order valence-corrected chi connectivity index (χ4v) is 1.83. The number of amides is 2. The molecule has 1 unspecified atom stereocenters. The van der Waals surface area contributed by atoms with Crippen LogP contribution in [-0.2, 0) is 4.79 Å². The normalized spacial score (nSPS) is 18.1.